The normalized spacial score (nSPS) is 15.2. The van der Waals surface area contributed by atoms with Gasteiger partial charge in [-0.1, -0.05) is 12.1 Å². The number of benzene rings is 1. The van der Waals surface area contributed by atoms with Crippen LogP contribution in [0.4, 0.5) is 0 Å². The van der Waals surface area contributed by atoms with Crippen LogP contribution < -0.4 is 4.85 Å². The summed E-state index contributed by atoms with van der Waals surface area (Å²) in [7, 11) is 3.97. The van der Waals surface area contributed by atoms with Crippen molar-refractivity contribution in [3.8, 4) is 0 Å². The zero-order chi connectivity index (χ0) is 13.4. The maximum absolute atomic E-state index is 11.9. The van der Waals surface area contributed by atoms with E-state index in [1.54, 1.807) is 10.7 Å². The molecule has 0 N–H and O–H groups in total. The van der Waals surface area contributed by atoms with E-state index in [9.17, 15) is 5.21 Å². The molecule has 3 rings (SSSR count). The molecule has 1 aliphatic heterocycles. The van der Waals surface area contributed by atoms with E-state index in [1.807, 2.05) is 36.9 Å². The van der Waals surface area contributed by atoms with Crippen LogP contribution in [0.25, 0.3) is 11.0 Å². The smallest absolute Gasteiger partial charge is 0.412 e. The van der Waals surface area contributed by atoms with Crippen LogP contribution >= 0.6 is 0 Å². The summed E-state index contributed by atoms with van der Waals surface area (Å²) in [4.78, 5) is 2.97. The number of hydrogen-bond donors (Lipinski definition) is 0. The summed E-state index contributed by atoms with van der Waals surface area (Å²) in [5, 5.41) is 16.0. The molecule has 19 heavy (non-hydrogen) atoms. The summed E-state index contributed by atoms with van der Waals surface area (Å²) in [6.45, 7) is 2.03. The summed E-state index contributed by atoms with van der Waals surface area (Å²) in [5.41, 5.74) is 1.44. The summed E-state index contributed by atoms with van der Waals surface area (Å²) < 4.78 is 3.76. The lowest BCUT2D eigenvalue weighted by Gasteiger charge is -2.12. The van der Waals surface area contributed by atoms with Crippen molar-refractivity contribution in [2.45, 2.75) is 12.8 Å². The zero-order valence-electron chi connectivity index (χ0n) is 11.3. The predicted molar refractivity (Wildman–Crippen MR) is 72.0 cm³/mol. The van der Waals surface area contributed by atoms with E-state index in [0.29, 0.717) is 10.4 Å². The predicted octanol–water partition coefficient (Wildman–Crippen LogP) is 0.242. The number of likely N-dealkylation sites (tertiary alicyclic amines) is 1. The number of fused-ring (bicyclic) bond motifs is 1. The Kier molecular flexibility index (Phi) is 2.85. The van der Waals surface area contributed by atoms with Gasteiger partial charge in [0.2, 0.25) is 11.0 Å². The van der Waals surface area contributed by atoms with Crippen LogP contribution in [0.1, 0.15) is 12.8 Å². The van der Waals surface area contributed by atoms with Gasteiger partial charge in [0, 0.05) is 0 Å². The van der Waals surface area contributed by atoms with Crippen LogP contribution in [-0.2, 0) is 0 Å². The van der Waals surface area contributed by atoms with E-state index >= 15 is 0 Å². The third kappa shape index (κ3) is 1.93. The van der Waals surface area contributed by atoms with Gasteiger partial charge >= 0.3 is 5.96 Å². The van der Waals surface area contributed by atoms with Gasteiger partial charge in [0.1, 0.15) is 5.21 Å². The number of rotatable bonds is 0. The molecule has 1 aromatic carbocycles. The van der Waals surface area contributed by atoms with Crippen molar-refractivity contribution in [3.63, 3.8) is 0 Å². The fraction of sp³-hybridized carbons (Fsp3) is 0.462. The Balaban J connectivity index is 2.19. The molecule has 6 nitrogen and oxygen atoms in total. The van der Waals surface area contributed by atoms with Crippen LogP contribution in [0.2, 0.25) is 0 Å². The first-order chi connectivity index (χ1) is 9.18. The number of para-hydroxylation sites is 2. The summed E-state index contributed by atoms with van der Waals surface area (Å²) in [5.74, 6) is 0.961. The fourth-order valence-corrected chi connectivity index (χ4v) is 2.65. The van der Waals surface area contributed by atoms with Gasteiger partial charge in [-0.25, -0.2) is 0 Å². The largest absolute Gasteiger partial charge is 0.691 e. The molecule has 0 bridgehead atoms. The lowest BCUT2D eigenvalue weighted by atomic mass is 10.3. The Bertz CT molecular complexity index is 636. The van der Waals surface area contributed by atoms with Gasteiger partial charge in [0.15, 0.2) is 0 Å². The van der Waals surface area contributed by atoms with Crippen LogP contribution in [-0.4, -0.2) is 52.5 Å². The molecule has 0 saturated carbocycles. The van der Waals surface area contributed by atoms with Crippen molar-refractivity contribution in [2.75, 3.05) is 27.2 Å². The molecule has 1 aromatic heterocycles. The standard InChI is InChI=1S/C13H18N5O/c1-15(2)13(16-9-5-6-10-16)17-11-7-3-4-8-12(11)18(19)14-17/h3-4,7-8H,5-6,9-10H2,1-2H3/q+1. The van der Waals surface area contributed by atoms with E-state index in [0.717, 1.165) is 24.6 Å². The van der Waals surface area contributed by atoms with Gasteiger partial charge in [-0.15, -0.1) is 4.85 Å². The lowest BCUT2D eigenvalue weighted by Crippen LogP contribution is -2.42. The minimum absolute atomic E-state index is 0.598. The van der Waals surface area contributed by atoms with Crippen LogP contribution in [0, 0.1) is 5.21 Å². The quantitative estimate of drug-likeness (QED) is 0.295. The average molecular weight is 260 g/mol. The number of aromatic nitrogens is 3. The molecule has 0 amide bonds. The van der Waals surface area contributed by atoms with E-state index < -0.39 is 0 Å². The van der Waals surface area contributed by atoms with Crippen molar-refractivity contribution in [1.29, 1.82) is 0 Å². The number of hydrogen-bond acceptors (Lipinski definition) is 2. The highest BCUT2D eigenvalue weighted by molar-refractivity contribution is 5.86. The van der Waals surface area contributed by atoms with Crippen LogP contribution in [0.15, 0.2) is 24.3 Å². The van der Waals surface area contributed by atoms with E-state index in [2.05, 4.69) is 10.1 Å². The Morgan fingerprint density at radius 3 is 2.63 bits per heavy atom. The van der Waals surface area contributed by atoms with Crippen molar-refractivity contribution in [3.05, 3.63) is 29.5 Å². The monoisotopic (exact) mass is 260 g/mol. The molecule has 0 atom stereocenters. The molecule has 2 aromatic rings. The first-order valence-electron chi connectivity index (χ1n) is 6.55. The van der Waals surface area contributed by atoms with Crippen molar-refractivity contribution >= 4 is 17.0 Å². The molecule has 0 radical (unpaired) electrons. The van der Waals surface area contributed by atoms with Crippen molar-refractivity contribution in [1.82, 2.24) is 14.8 Å². The van der Waals surface area contributed by atoms with E-state index in [4.69, 9.17) is 0 Å². The molecule has 0 unspecified atom stereocenters. The SMILES string of the molecule is C[N+](C)=C(N1CCCC1)n1n[n+]([O-])c2ccccc21. The van der Waals surface area contributed by atoms with Gasteiger partial charge in [-0.3, -0.25) is 9.48 Å². The Labute approximate surface area is 111 Å². The summed E-state index contributed by atoms with van der Waals surface area (Å²) >= 11 is 0. The van der Waals surface area contributed by atoms with E-state index in [1.165, 1.54) is 12.8 Å². The van der Waals surface area contributed by atoms with Gasteiger partial charge in [0.25, 0.3) is 0 Å². The second-order valence-electron chi connectivity index (χ2n) is 5.05. The first kappa shape index (κ1) is 12.0. The van der Waals surface area contributed by atoms with Crippen LogP contribution in [0.3, 0.4) is 0 Å². The average Bonchev–Trinajstić information content (AvgIpc) is 3.00. The second-order valence-corrected chi connectivity index (χ2v) is 5.05. The maximum atomic E-state index is 11.9. The van der Waals surface area contributed by atoms with Crippen LogP contribution in [0.5, 0.6) is 0 Å². The topological polar surface area (TPSA) is 51.0 Å². The highest BCUT2D eigenvalue weighted by Gasteiger charge is 2.31. The Morgan fingerprint density at radius 1 is 1.26 bits per heavy atom. The Hall–Kier alpha value is -2.11. The van der Waals surface area contributed by atoms with Gasteiger partial charge in [-0.05, 0) is 29.7 Å². The highest BCUT2D eigenvalue weighted by Crippen LogP contribution is 2.13. The minimum atomic E-state index is 0.598. The molecule has 0 aliphatic carbocycles. The maximum Gasteiger partial charge on any atom is 0.412 e. The molecule has 0 spiro atoms. The van der Waals surface area contributed by atoms with Crippen molar-refractivity contribution < 1.29 is 9.42 Å². The second kappa shape index (κ2) is 4.53. The minimum Gasteiger partial charge on any atom is -0.691 e. The van der Waals surface area contributed by atoms with Gasteiger partial charge in [0.05, 0.1) is 27.2 Å². The fourth-order valence-electron chi connectivity index (χ4n) is 2.65. The zero-order valence-corrected chi connectivity index (χ0v) is 11.3. The lowest BCUT2D eigenvalue weighted by molar-refractivity contribution is -0.645. The van der Waals surface area contributed by atoms with Crippen molar-refractivity contribution in [2.24, 2.45) is 0 Å². The third-order valence-electron chi connectivity index (χ3n) is 3.47. The molecule has 1 saturated heterocycles. The summed E-state index contributed by atoms with van der Waals surface area (Å²) in [6, 6.07) is 7.51. The summed E-state index contributed by atoms with van der Waals surface area (Å²) in [6.07, 6.45) is 2.38. The molecule has 1 aliphatic rings. The number of nitrogens with zero attached hydrogens (tertiary/aromatic N) is 5. The molecule has 6 heteroatoms. The van der Waals surface area contributed by atoms with E-state index in [-0.39, 0.29) is 0 Å². The van der Waals surface area contributed by atoms with Gasteiger partial charge in [-0.2, -0.15) is 0 Å². The third-order valence-corrected chi connectivity index (χ3v) is 3.47. The molecule has 1 fully saturated rings. The highest BCUT2D eigenvalue weighted by atomic mass is 16.5. The first-order valence-corrected chi connectivity index (χ1v) is 6.55. The van der Waals surface area contributed by atoms with Gasteiger partial charge < -0.3 is 5.21 Å². The molecule has 100 valence electrons. The molecular formula is C13H18N5O+. The molecular weight excluding hydrogens is 242 g/mol. The molecule has 2 heterocycles. The Morgan fingerprint density at radius 2 is 1.95 bits per heavy atom.